The van der Waals surface area contributed by atoms with Gasteiger partial charge in [0.05, 0.1) is 5.52 Å². The van der Waals surface area contributed by atoms with Crippen LogP contribution in [0.2, 0.25) is 0 Å². The van der Waals surface area contributed by atoms with Crippen LogP contribution in [-0.4, -0.2) is 16.0 Å². The summed E-state index contributed by atoms with van der Waals surface area (Å²) in [6.07, 6.45) is 3.08. The van der Waals surface area contributed by atoms with E-state index in [4.69, 9.17) is 0 Å². The van der Waals surface area contributed by atoms with Crippen molar-refractivity contribution in [2.45, 2.75) is 13.0 Å². The zero-order valence-electron chi connectivity index (χ0n) is 9.12. The number of nitrogens with zero attached hydrogens (tertiary/aromatic N) is 1. The highest BCUT2D eigenvalue weighted by atomic mass is 127. The van der Waals surface area contributed by atoms with E-state index in [1.807, 2.05) is 12.3 Å². The minimum Gasteiger partial charge on any atom is -0.313 e. The minimum atomic E-state index is 0.908. The SMILES string of the molecule is ICCCNCc1cccc2cccnc12. The van der Waals surface area contributed by atoms with Crippen LogP contribution in [0.4, 0.5) is 0 Å². The average Bonchev–Trinajstić information content (AvgIpc) is 2.35. The Bertz CT molecular complexity index is 451. The van der Waals surface area contributed by atoms with E-state index in [-0.39, 0.29) is 0 Å². The standard InChI is InChI=1S/C13H15IN2/c14-7-3-8-15-10-12-5-1-4-11-6-2-9-16-13(11)12/h1-2,4-6,9,15H,3,7-8,10H2. The molecule has 0 aliphatic heterocycles. The Kier molecular flexibility index (Phi) is 4.54. The fourth-order valence-electron chi connectivity index (χ4n) is 1.72. The number of hydrogen-bond acceptors (Lipinski definition) is 2. The summed E-state index contributed by atoms with van der Waals surface area (Å²) in [6.45, 7) is 1.98. The maximum atomic E-state index is 4.44. The number of pyridine rings is 1. The van der Waals surface area contributed by atoms with Gasteiger partial charge in [-0.3, -0.25) is 4.98 Å². The summed E-state index contributed by atoms with van der Waals surface area (Å²) in [5, 5.41) is 4.67. The fourth-order valence-corrected chi connectivity index (χ4v) is 2.11. The first-order chi connectivity index (χ1) is 7.92. The quantitative estimate of drug-likeness (QED) is 0.519. The number of hydrogen-bond donors (Lipinski definition) is 1. The lowest BCUT2D eigenvalue weighted by molar-refractivity contribution is 0.683. The van der Waals surface area contributed by atoms with Crippen LogP contribution in [0.15, 0.2) is 36.5 Å². The second-order valence-electron chi connectivity index (χ2n) is 3.71. The second kappa shape index (κ2) is 6.15. The van der Waals surface area contributed by atoms with Crippen LogP contribution >= 0.6 is 22.6 Å². The van der Waals surface area contributed by atoms with Crippen molar-refractivity contribution in [1.29, 1.82) is 0 Å². The molecular formula is C13H15IN2. The van der Waals surface area contributed by atoms with Gasteiger partial charge in [0, 0.05) is 22.6 Å². The summed E-state index contributed by atoms with van der Waals surface area (Å²) in [7, 11) is 0. The molecule has 16 heavy (non-hydrogen) atoms. The van der Waals surface area contributed by atoms with Gasteiger partial charge in [0.25, 0.3) is 0 Å². The second-order valence-corrected chi connectivity index (χ2v) is 4.79. The Balaban J connectivity index is 2.11. The third-order valence-corrected chi connectivity index (χ3v) is 3.28. The van der Waals surface area contributed by atoms with Crippen molar-refractivity contribution in [3.8, 4) is 0 Å². The maximum absolute atomic E-state index is 4.44. The molecule has 1 heterocycles. The number of rotatable bonds is 5. The van der Waals surface area contributed by atoms with Gasteiger partial charge < -0.3 is 5.32 Å². The summed E-state index contributed by atoms with van der Waals surface area (Å²) < 4.78 is 1.21. The average molecular weight is 326 g/mol. The van der Waals surface area contributed by atoms with E-state index in [0.717, 1.165) is 18.6 Å². The Labute approximate surface area is 110 Å². The summed E-state index contributed by atoms with van der Waals surface area (Å²) in [5.74, 6) is 0. The van der Waals surface area contributed by atoms with Gasteiger partial charge in [-0.1, -0.05) is 46.9 Å². The van der Waals surface area contributed by atoms with Crippen LogP contribution in [0.3, 0.4) is 0 Å². The number of nitrogens with one attached hydrogen (secondary N) is 1. The molecule has 0 saturated carbocycles. The third kappa shape index (κ3) is 2.92. The smallest absolute Gasteiger partial charge is 0.0746 e. The molecule has 0 fully saturated rings. The molecular weight excluding hydrogens is 311 g/mol. The van der Waals surface area contributed by atoms with Crippen molar-refractivity contribution in [2.75, 3.05) is 11.0 Å². The lowest BCUT2D eigenvalue weighted by atomic mass is 10.1. The first-order valence-electron chi connectivity index (χ1n) is 5.51. The molecule has 1 N–H and O–H groups in total. The Morgan fingerprint density at radius 3 is 2.94 bits per heavy atom. The number of aromatic nitrogens is 1. The molecule has 0 radical (unpaired) electrons. The van der Waals surface area contributed by atoms with Crippen LogP contribution in [-0.2, 0) is 6.54 Å². The van der Waals surface area contributed by atoms with Gasteiger partial charge >= 0.3 is 0 Å². The van der Waals surface area contributed by atoms with E-state index in [0.29, 0.717) is 0 Å². The molecule has 0 aliphatic rings. The van der Waals surface area contributed by atoms with Crippen LogP contribution in [0.5, 0.6) is 0 Å². The van der Waals surface area contributed by atoms with E-state index < -0.39 is 0 Å². The van der Waals surface area contributed by atoms with Gasteiger partial charge in [-0.25, -0.2) is 0 Å². The van der Waals surface area contributed by atoms with E-state index in [2.05, 4.69) is 57.2 Å². The van der Waals surface area contributed by atoms with E-state index in [1.54, 1.807) is 0 Å². The molecule has 0 spiro atoms. The molecule has 84 valence electrons. The molecule has 0 aliphatic carbocycles. The first kappa shape index (κ1) is 11.8. The normalized spacial score (nSPS) is 10.8. The number of para-hydroxylation sites is 1. The zero-order chi connectivity index (χ0) is 11.2. The minimum absolute atomic E-state index is 0.908. The van der Waals surface area contributed by atoms with Crippen LogP contribution in [0.25, 0.3) is 10.9 Å². The number of halogens is 1. The van der Waals surface area contributed by atoms with Crippen molar-refractivity contribution in [1.82, 2.24) is 10.3 Å². The number of fused-ring (bicyclic) bond motifs is 1. The van der Waals surface area contributed by atoms with Gasteiger partial charge in [-0.2, -0.15) is 0 Å². The zero-order valence-corrected chi connectivity index (χ0v) is 11.3. The van der Waals surface area contributed by atoms with E-state index in [1.165, 1.54) is 21.8 Å². The molecule has 3 heteroatoms. The van der Waals surface area contributed by atoms with Crippen molar-refractivity contribution >= 4 is 33.5 Å². The fraction of sp³-hybridized carbons (Fsp3) is 0.308. The molecule has 2 rings (SSSR count). The number of alkyl halides is 1. The molecule has 2 aromatic rings. The Morgan fingerprint density at radius 2 is 2.06 bits per heavy atom. The van der Waals surface area contributed by atoms with Gasteiger partial charge in [0.15, 0.2) is 0 Å². The van der Waals surface area contributed by atoms with Gasteiger partial charge in [0.2, 0.25) is 0 Å². The maximum Gasteiger partial charge on any atom is 0.0746 e. The molecule has 0 bridgehead atoms. The molecule has 0 amide bonds. The summed E-state index contributed by atoms with van der Waals surface area (Å²) in [4.78, 5) is 4.44. The highest BCUT2D eigenvalue weighted by Crippen LogP contribution is 2.15. The summed E-state index contributed by atoms with van der Waals surface area (Å²) in [5.41, 5.74) is 2.40. The summed E-state index contributed by atoms with van der Waals surface area (Å²) >= 11 is 2.40. The van der Waals surface area contributed by atoms with Gasteiger partial charge in [-0.05, 0) is 24.6 Å². The molecule has 2 nitrogen and oxygen atoms in total. The molecule has 1 aromatic heterocycles. The lowest BCUT2D eigenvalue weighted by Gasteiger charge is -2.06. The molecule has 0 atom stereocenters. The van der Waals surface area contributed by atoms with E-state index in [9.17, 15) is 0 Å². The number of benzene rings is 1. The van der Waals surface area contributed by atoms with Crippen LogP contribution in [0.1, 0.15) is 12.0 Å². The lowest BCUT2D eigenvalue weighted by Crippen LogP contribution is -2.15. The van der Waals surface area contributed by atoms with Crippen molar-refractivity contribution in [2.24, 2.45) is 0 Å². The predicted octanol–water partition coefficient (Wildman–Crippen LogP) is 3.15. The van der Waals surface area contributed by atoms with E-state index >= 15 is 0 Å². The largest absolute Gasteiger partial charge is 0.313 e. The molecule has 0 saturated heterocycles. The highest BCUT2D eigenvalue weighted by Gasteiger charge is 2.00. The topological polar surface area (TPSA) is 24.9 Å². The molecule has 0 unspecified atom stereocenters. The first-order valence-corrected chi connectivity index (χ1v) is 7.03. The Hall–Kier alpha value is -0.680. The van der Waals surface area contributed by atoms with Crippen LogP contribution in [0, 0.1) is 0 Å². The third-order valence-electron chi connectivity index (χ3n) is 2.52. The Morgan fingerprint density at radius 1 is 1.19 bits per heavy atom. The predicted molar refractivity (Wildman–Crippen MR) is 77.0 cm³/mol. The summed E-state index contributed by atoms with van der Waals surface area (Å²) in [6, 6.07) is 10.4. The van der Waals surface area contributed by atoms with Gasteiger partial charge in [0.1, 0.15) is 0 Å². The monoisotopic (exact) mass is 326 g/mol. The highest BCUT2D eigenvalue weighted by molar-refractivity contribution is 14.1. The molecule has 1 aromatic carbocycles. The van der Waals surface area contributed by atoms with Gasteiger partial charge in [-0.15, -0.1) is 0 Å². The van der Waals surface area contributed by atoms with Crippen LogP contribution < -0.4 is 5.32 Å². The van der Waals surface area contributed by atoms with Crippen molar-refractivity contribution in [3.63, 3.8) is 0 Å². The van der Waals surface area contributed by atoms with Crippen molar-refractivity contribution in [3.05, 3.63) is 42.1 Å². The van der Waals surface area contributed by atoms with Crippen molar-refractivity contribution < 1.29 is 0 Å².